The Morgan fingerprint density at radius 1 is 1.14 bits per heavy atom. The molecular weight excluding hydrogens is 622 g/mol. The average Bonchev–Trinajstić information content (AvgIpc) is 3.24. The normalized spacial score (nSPS) is 17.8. The first-order valence-electron chi connectivity index (χ1n) is 10.9. The lowest BCUT2D eigenvalue weighted by Gasteiger charge is -2.25. The Balaban J connectivity index is 1.80. The van der Waals surface area contributed by atoms with Gasteiger partial charge in [0.25, 0.3) is 0 Å². The molecule has 0 saturated heterocycles. The number of rotatable bonds is 7. The highest BCUT2D eigenvalue weighted by Gasteiger charge is 2.50. The van der Waals surface area contributed by atoms with Crippen LogP contribution in [-0.2, 0) is 22.4 Å². The fourth-order valence-electron chi connectivity index (χ4n) is 3.73. The van der Waals surface area contributed by atoms with E-state index in [0.29, 0.717) is 22.5 Å². The van der Waals surface area contributed by atoms with Crippen LogP contribution in [0.1, 0.15) is 54.9 Å². The predicted octanol–water partition coefficient (Wildman–Crippen LogP) is 7.73. The summed E-state index contributed by atoms with van der Waals surface area (Å²) in [5.74, 6) is -2.55. The highest BCUT2D eigenvalue weighted by molar-refractivity contribution is 9.10. The van der Waals surface area contributed by atoms with E-state index in [9.17, 15) is 31.1 Å². The van der Waals surface area contributed by atoms with Crippen LogP contribution in [0.25, 0.3) is 0 Å². The maximum absolute atomic E-state index is 14.0. The SMILES string of the molecule is CCC(C)C(=O)NCc1ccc(C2=NOC(C(c3cc(Br)cc(C(F)(F)F)c3)C(F)(F)F)C2)cc1Br. The molecule has 0 saturated carbocycles. The van der Waals surface area contributed by atoms with Crippen molar-refractivity contribution in [2.45, 2.75) is 57.6 Å². The van der Waals surface area contributed by atoms with Crippen molar-refractivity contribution in [2.24, 2.45) is 11.1 Å². The molecule has 0 fully saturated rings. The second-order valence-electron chi connectivity index (χ2n) is 8.51. The van der Waals surface area contributed by atoms with Gasteiger partial charge < -0.3 is 10.2 Å². The van der Waals surface area contributed by atoms with Crippen LogP contribution in [0.15, 0.2) is 50.5 Å². The fourth-order valence-corrected chi connectivity index (χ4v) is 4.76. The number of amides is 1. The topological polar surface area (TPSA) is 50.7 Å². The molecule has 2 aromatic carbocycles. The van der Waals surface area contributed by atoms with Gasteiger partial charge in [-0.3, -0.25) is 4.79 Å². The molecule has 1 N–H and O–H groups in total. The molecule has 2 aromatic rings. The van der Waals surface area contributed by atoms with Gasteiger partial charge in [0, 0.05) is 33.4 Å². The second kappa shape index (κ2) is 11.1. The lowest BCUT2D eigenvalue weighted by atomic mass is 9.88. The largest absolute Gasteiger partial charge is 0.416 e. The third kappa shape index (κ3) is 6.81. The molecule has 1 amide bonds. The number of benzene rings is 2. The molecule has 0 aromatic heterocycles. The zero-order valence-electron chi connectivity index (χ0n) is 19.1. The van der Waals surface area contributed by atoms with Gasteiger partial charge in [-0.15, -0.1) is 0 Å². The van der Waals surface area contributed by atoms with Gasteiger partial charge in [-0.1, -0.05) is 63.0 Å². The summed E-state index contributed by atoms with van der Waals surface area (Å²) in [4.78, 5) is 17.1. The van der Waals surface area contributed by atoms with Crippen molar-refractivity contribution in [3.63, 3.8) is 0 Å². The molecule has 1 aliphatic heterocycles. The number of nitrogens with one attached hydrogen (secondary N) is 1. The predicted molar refractivity (Wildman–Crippen MR) is 129 cm³/mol. The van der Waals surface area contributed by atoms with E-state index >= 15 is 0 Å². The van der Waals surface area contributed by atoms with Gasteiger partial charge in [0.05, 0.1) is 11.3 Å². The van der Waals surface area contributed by atoms with Crippen molar-refractivity contribution in [2.75, 3.05) is 0 Å². The maximum atomic E-state index is 14.0. The Morgan fingerprint density at radius 2 is 1.83 bits per heavy atom. The first-order valence-corrected chi connectivity index (χ1v) is 12.5. The van der Waals surface area contributed by atoms with E-state index in [0.717, 1.165) is 17.7 Å². The monoisotopic (exact) mass is 642 g/mol. The quantitative estimate of drug-likeness (QED) is 0.314. The molecule has 3 atom stereocenters. The van der Waals surface area contributed by atoms with Crippen LogP contribution in [0.2, 0.25) is 0 Å². The number of halogens is 8. The van der Waals surface area contributed by atoms with Crippen molar-refractivity contribution < 1.29 is 36.0 Å². The van der Waals surface area contributed by atoms with E-state index in [4.69, 9.17) is 4.84 Å². The Morgan fingerprint density at radius 3 is 2.42 bits per heavy atom. The molecule has 0 aliphatic carbocycles. The highest BCUT2D eigenvalue weighted by atomic mass is 79.9. The minimum atomic E-state index is -4.88. The molecular formula is C24H22Br2F6N2O2. The van der Waals surface area contributed by atoms with Crippen LogP contribution in [0.4, 0.5) is 26.3 Å². The standard InChI is InChI=1S/C24H22Br2F6N2O2/c1-3-12(2)22(35)33-11-14-5-4-13(8-18(14)26)19-10-20(36-34-19)21(24(30,31)32)15-6-16(23(27,28)29)9-17(25)7-15/h4-9,12,20-21H,3,10-11H2,1-2H3,(H,33,35). The highest BCUT2D eigenvalue weighted by Crippen LogP contribution is 2.44. The van der Waals surface area contributed by atoms with E-state index < -0.39 is 35.5 Å². The molecule has 1 heterocycles. The van der Waals surface area contributed by atoms with Crippen LogP contribution >= 0.6 is 31.9 Å². The first kappa shape index (κ1) is 28.5. The molecule has 0 bridgehead atoms. The van der Waals surface area contributed by atoms with Crippen LogP contribution in [-0.4, -0.2) is 23.9 Å². The van der Waals surface area contributed by atoms with Crippen LogP contribution in [0.5, 0.6) is 0 Å². The summed E-state index contributed by atoms with van der Waals surface area (Å²) < 4.78 is 82.2. The number of alkyl halides is 6. The van der Waals surface area contributed by atoms with E-state index in [2.05, 4.69) is 42.3 Å². The molecule has 4 nitrogen and oxygen atoms in total. The van der Waals surface area contributed by atoms with Crippen molar-refractivity contribution >= 4 is 43.5 Å². The minimum absolute atomic E-state index is 0.0932. The van der Waals surface area contributed by atoms with E-state index in [1.54, 1.807) is 18.2 Å². The third-order valence-electron chi connectivity index (χ3n) is 5.92. The van der Waals surface area contributed by atoms with Crippen LogP contribution in [0, 0.1) is 5.92 Å². The summed E-state index contributed by atoms with van der Waals surface area (Å²) >= 11 is 6.28. The number of hydrogen-bond donors (Lipinski definition) is 1. The Kier molecular flexibility index (Phi) is 8.80. The fraction of sp³-hybridized carbons (Fsp3) is 0.417. The van der Waals surface area contributed by atoms with Crippen molar-refractivity contribution in [3.05, 3.63) is 67.6 Å². The number of carbonyl (C=O) groups excluding carboxylic acids is 1. The van der Waals surface area contributed by atoms with Crippen LogP contribution < -0.4 is 5.32 Å². The summed E-state index contributed by atoms with van der Waals surface area (Å²) in [5.41, 5.74) is -0.281. The Bertz CT molecular complexity index is 1150. The van der Waals surface area contributed by atoms with Crippen molar-refractivity contribution in [1.82, 2.24) is 5.32 Å². The van der Waals surface area contributed by atoms with Gasteiger partial charge in [-0.05, 0) is 41.8 Å². The third-order valence-corrected chi connectivity index (χ3v) is 7.12. The Labute approximate surface area is 220 Å². The van der Waals surface area contributed by atoms with E-state index in [1.807, 2.05) is 13.8 Å². The Hall–Kier alpha value is -2.08. The number of hydrogen-bond acceptors (Lipinski definition) is 3. The molecule has 0 radical (unpaired) electrons. The zero-order valence-corrected chi connectivity index (χ0v) is 22.3. The van der Waals surface area contributed by atoms with Gasteiger partial charge in [0.2, 0.25) is 5.91 Å². The number of oxime groups is 1. The summed E-state index contributed by atoms with van der Waals surface area (Å²) in [6.45, 7) is 3.98. The number of nitrogens with zero attached hydrogens (tertiary/aromatic N) is 1. The lowest BCUT2D eigenvalue weighted by molar-refractivity contribution is -0.176. The van der Waals surface area contributed by atoms with Crippen LogP contribution in [0.3, 0.4) is 0 Å². The van der Waals surface area contributed by atoms with Gasteiger partial charge in [-0.25, -0.2) is 0 Å². The smallest absolute Gasteiger partial charge is 0.391 e. The second-order valence-corrected chi connectivity index (χ2v) is 10.3. The molecule has 196 valence electrons. The zero-order chi connectivity index (χ0) is 26.8. The number of carbonyl (C=O) groups is 1. The van der Waals surface area contributed by atoms with Crippen molar-refractivity contribution in [1.29, 1.82) is 0 Å². The van der Waals surface area contributed by atoms with Crippen molar-refractivity contribution in [3.8, 4) is 0 Å². The maximum Gasteiger partial charge on any atom is 0.416 e. The lowest BCUT2D eigenvalue weighted by Crippen LogP contribution is -2.32. The molecule has 1 aliphatic rings. The molecule has 12 heteroatoms. The first-order chi connectivity index (χ1) is 16.7. The van der Waals surface area contributed by atoms with Gasteiger partial charge in [0.1, 0.15) is 12.0 Å². The molecule has 3 rings (SSSR count). The molecule has 36 heavy (non-hydrogen) atoms. The van der Waals surface area contributed by atoms with Gasteiger partial charge in [0.15, 0.2) is 0 Å². The minimum Gasteiger partial charge on any atom is -0.391 e. The van der Waals surface area contributed by atoms with Gasteiger partial charge in [-0.2, -0.15) is 26.3 Å². The molecule has 0 spiro atoms. The summed E-state index contributed by atoms with van der Waals surface area (Å²) in [7, 11) is 0. The van der Waals surface area contributed by atoms with Gasteiger partial charge >= 0.3 is 12.4 Å². The summed E-state index contributed by atoms with van der Waals surface area (Å²) in [5, 5.41) is 6.64. The average molecular weight is 644 g/mol. The molecule has 3 unspecified atom stereocenters. The summed E-state index contributed by atoms with van der Waals surface area (Å²) in [6, 6.07) is 7.22. The van der Waals surface area contributed by atoms with E-state index in [-0.39, 0.29) is 35.0 Å². The van der Waals surface area contributed by atoms with E-state index in [1.165, 1.54) is 0 Å². The summed E-state index contributed by atoms with van der Waals surface area (Å²) in [6.07, 6.45) is -10.8.